The van der Waals surface area contributed by atoms with Crippen molar-refractivity contribution in [2.24, 2.45) is 5.41 Å². The van der Waals surface area contributed by atoms with Crippen LogP contribution in [0.1, 0.15) is 43.9 Å². The topological polar surface area (TPSA) is 51.5 Å². The number of para-hydroxylation sites is 1. The van der Waals surface area contributed by atoms with Gasteiger partial charge < -0.3 is 14.4 Å². The molecule has 4 nitrogen and oxygen atoms in total. The third-order valence-electron chi connectivity index (χ3n) is 7.67. The molecular formula is C27H29F4NO3. The van der Waals surface area contributed by atoms with Crippen molar-refractivity contribution in [1.82, 2.24) is 4.57 Å². The second kappa shape index (κ2) is 8.45. The van der Waals surface area contributed by atoms with E-state index in [0.717, 1.165) is 0 Å². The third kappa shape index (κ3) is 4.27. The maximum Gasteiger partial charge on any atom is 0.418 e. The lowest BCUT2D eigenvalue weighted by Gasteiger charge is -2.50. The number of nitrogens with zero attached hydrogens (tertiary/aromatic N) is 1. The first-order valence-corrected chi connectivity index (χ1v) is 11.4. The largest absolute Gasteiger partial charge is 0.418 e. The Morgan fingerprint density at radius 2 is 1.83 bits per heavy atom. The summed E-state index contributed by atoms with van der Waals surface area (Å²) in [7, 11) is 0. The van der Waals surface area contributed by atoms with Crippen LogP contribution < -0.4 is 5.43 Å². The molecule has 0 bridgehead atoms. The average molecular weight is 492 g/mol. The summed E-state index contributed by atoms with van der Waals surface area (Å²) in [5.41, 5.74) is -3.66. The molecule has 0 fully saturated rings. The van der Waals surface area contributed by atoms with Gasteiger partial charge in [-0.2, -0.15) is 13.2 Å². The fourth-order valence-corrected chi connectivity index (χ4v) is 5.27. The number of hydrogen-bond acceptors (Lipinski definition) is 3. The summed E-state index contributed by atoms with van der Waals surface area (Å²) < 4.78 is 64.8. The summed E-state index contributed by atoms with van der Waals surface area (Å²) in [6, 6.07) is 10.6. The summed E-state index contributed by atoms with van der Waals surface area (Å²) in [5, 5.41) is 11.6. The fraction of sp³-hybridized carbons (Fsp3) is 0.444. The van der Waals surface area contributed by atoms with E-state index in [9.17, 15) is 27.5 Å². The van der Waals surface area contributed by atoms with Crippen molar-refractivity contribution in [2.45, 2.75) is 64.5 Å². The Morgan fingerprint density at radius 3 is 2.51 bits per heavy atom. The van der Waals surface area contributed by atoms with Gasteiger partial charge in [-0.3, -0.25) is 4.79 Å². The number of rotatable bonds is 5. The second-order valence-electron chi connectivity index (χ2n) is 10.5. The molecule has 1 aliphatic rings. The van der Waals surface area contributed by atoms with Crippen LogP contribution in [-0.2, 0) is 23.3 Å². The Labute approximate surface area is 201 Å². The lowest BCUT2D eigenvalue weighted by atomic mass is 9.58. The van der Waals surface area contributed by atoms with Gasteiger partial charge in [0.2, 0.25) is 0 Å². The minimum atomic E-state index is -4.97. The Morgan fingerprint density at radius 1 is 1.14 bits per heavy atom. The number of alkyl halides is 3. The first-order chi connectivity index (χ1) is 16.2. The van der Waals surface area contributed by atoms with E-state index in [1.807, 2.05) is 0 Å². The number of aromatic nitrogens is 1. The predicted octanol–water partition coefficient (Wildman–Crippen LogP) is 5.65. The number of aliphatic hydroxyl groups is 1. The highest BCUT2D eigenvalue weighted by molar-refractivity contribution is 5.79. The van der Waals surface area contributed by atoms with Gasteiger partial charge in [0.05, 0.1) is 25.3 Å². The first kappa shape index (κ1) is 25.4. The highest BCUT2D eigenvalue weighted by Crippen LogP contribution is 2.52. The van der Waals surface area contributed by atoms with Crippen molar-refractivity contribution in [3.05, 3.63) is 81.4 Å². The zero-order valence-corrected chi connectivity index (χ0v) is 20.2. The third-order valence-corrected chi connectivity index (χ3v) is 7.67. The molecule has 188 valence electrons. The highest BCUT2D eigenvalue weighted by Gasteiger charge is 2.59. The monoisotopic (exact) mass is 491 g/mol. The van der Waals surface area contributed by atoms with Gasteiger partial charge in [0, 0.05) is 22.6 Å². The fourth-order valence-electron chi connectivity index (χ4n) is 5.27. The molecule has 2 atom stereocenters. The predicted molar refractivity (Wildman–Crippen MR) is 126 cm³/mol. The second-order valence-corrected chi connectivity index (χ2v) is 10.5. The molecule has 0 spiro atoms. The number of halogens is 4. The zero-order valence-electron chi connectivity index (χ0n) is 20.2. The zero-order chi connectivity index (χ0) is 25.8. The number of pyridine rings is 1. The molecule has 8 heteroatoms. The van der Waals surface area contributed by atoms with Gasteiger partial charge in [-0.15, -0.1) is 0 Å². The van der Waals surface area contributed by atoms with Crippen molar-refractivity contribution in [3.63, 3.8) is 0 Å². The smallest absolute Gasteiger partial charge is 0.379 e. The van der Waals surface area contributed by atoms with Crippen molar-refractivity contribution in [2.75, 3.05) is 6.61 Å². The minimum absolute atomic E-state index is 0.0877. The van der Waals surface area contributed by atoms with E-state index in [4.69, 9.17) is 4.74 Å². The molecule has 35 heavy (non-hydrogen) atoms. The van der Waals surface area contributed by atoms with E-state index in [0.29, 0.717) is 16.6 Å². The summed E-state index contributed by atoms with van der Waals surface area (Å²) in [6.07, 6.45) is -4.29. The average Bonchev–Trinajstić information content (AvgIpc) is 2.77. The maximum atomic E-state index is 14.5. The normalized spacial score (nSPS) is 20.5. The van der Waals surface area contributed by atoms with E-state index in [1.54, 1.807) is 51.1 Å². The van der Waals surface area contributed by atoms with Crippen LogP contribution in [0.5, 0.6) is 0 Å². The summed E-state index contributed by atoms with van der Waals surface area (Å²) in [5.74, 6) is -0.478. The minimum Gasteiger partial charge on any atom is -0.379 e. The molecule has 2 aromatic carbocycles. The van der Waals surface area contributed by atoms with Crippen LogP contribution in [0.4, 0.5) is 17.6 Å². The summed E-state index contributed by atoms with van der Waals surface area (Å²) >= 11 is 0. The number of benzene rings is 2. The molecule has 2 unspecified atom stereocenters. The van der Waals surface area contributed by atoms with Crippen LogP contribution in [0.15, 0.2) is 53.5 Å². The molecule has 0 aliphatic carbocycles. The molecule has 0 radical (unpaired) electrons. The lowest BCUT2D eigenvalue weighted by molar-refractivity contribution is -0.277. The highest BCUT2D eigenvalue weighted by atomic mass is 19.4. The molecule has 3 aromatic rings. The van der Waals surface area contributed by atoms with Crippen LogP contribution in [0.2, 0.25) is 0 Å². The van der Waals surface area contributed by atoms with Gasteiger partial charge in [-0.25, -0.2) is 4.39 Å². The van der Waals surface area contributed by atoms with E-state index >= 15 is 0 Å². The van der Waals surface area contributed by atoms with E-state index < -0.39 is 41.4 Å². The van der Waals surface area contributed by atoms with Crippen molar-refractivity contribution in [1.29, 1.82) is 0 Å². The van der Waals surface area contributed by atoms with Crippen LogP contribution in [-0.4, -0.2) is 28.1 Å². The van der Waals surface area contributed by atoms with Crippen LogP contribution in [0.3, 0.4) is 0 Å². The molecule has 0 saturated heterocycles. The molecule has 2 heterocycles. The quantitative estimate of drug-likeness (QED) is 0.470. The standard InChI is InChI=1S/C27H29F4NO3/c1-17-12-32(22-8-6-5-7-20(22)23(17)33)15-26(34,27(29,30)31)14-24(2,3)25(4)16-35-13-18-9-10-19(28)11-21(18)25/h5-12,34H,13-16H2,1-4H3. The van der Waals surface area contributed by atoms with Crippen molar-refractivity contribution >= 4 is 10.9 Å². The molecular weight excluding hydrogens is 462 g/mol. The van der Waals surface area contributed by atoms with Gasteiger partial charge in [0.25, 0.3) is 0 Å². The van der Waals surface area contributed by atoms with Gasteiger partial charge >= 0.3 is 6.18 Å². The maximum absolute atomic E-state index is 14.5. The molecule has 1 N–H and O–H groups in total. The SMILES string of the molecule is Cc1cn(CC(O)(CC(C)(C)C2(C)COCc3ccc(F)cc32)C(F)(F)F)c2ccccc2c1=O. The molecule has 1 aliphatic heterocycles. The van der Waals surface area contributed by atoms with Crippen molar-refractivity contribution in [3.8, 4) is 0 Å². The van der Waals surface area contributed by atoms with Gasteiger partial charge in [-0.1, -0.05) is 39.0 Å². The summed E-state index contributed by atoms with van der Waals surface area (Å²) in [4.78, 5) is 12.5. The van der Waals surface area contributed by atoms with E-state index in [1.165, 1.54) is 29.8 Å². The molecule has 0 saturated carbocycles. The van der Waals surface area contributed by atoms with Crippen LogP contribution in [0, 0.1) is 18.2 Å². The lowest BCUT2D eigenvalue weighted by Crippen LogP contribution is -2.56. The van der Waals surface area contributed by atoms with Gasteiger partial charge in [0.15, 0.2) is 11.0 Å². The molecule has 1 aromatic heterocycles. The summed E-state index contributed by atoms with van der Waals surface area (Å²) in [6.45, 7) is 6.10. The number of hydrogen-bond donors (Lipinski definition) is 1. The van der Waals surface area contributed by atoms with Gasteiger partial charge in [0.1, 0.15) is 5.82 Å². The first-order valence-electron chi connectivity index (χ1n) is 11.4. The number of aryl methyl sites for hydroxylation is 1. The van der Waals surface area contributed by atoms with Crippen LogP contribution in [0.25, 0.3) is 10.9 Å². The van der Waals surface area contributed by atoms with Crippen LogP contribution >= 0.6 is 0 Å². The molecule has 0 amide bonds. The Kier molecular flexibility index (Phi) is 6.13. The Hall–Kier alpha value is -2.71. The Balaban J connectivity index is 1.80. The Bertz CT molecular complexity index is 1330. The van der Waals surface area contributed by atoms with Crippen molar-refractivity contribution < 1.29 is 27.4 Å². The van der Waals surface area contributed by atoms with Gasteiger partial charge in [-0.05, 0) is 54.2 Å². The number of ether oxygens (including phenoxy) is 1. The number of fused-ring (bicyclic) bond motifs is 2. The van der Waals surface area contributed by atoms with E-state index in [2.05, 4.69) is 0 Å². The molecule has 4 rings (SSSR count). The van der Waals surface area contributed by atoms with E-state index in [-0.39, 0.29) is 29.6 Å².